The highest BCUT2D eigenvalue weighted by Gasteiger charge is 2.28. The number of nitrogens with zero attached hydrogens (tertiary/aromatic N) is 5. The van der Waals surface area contributed by atoms with E-state index in [4.69, 9.17) is 15.6 Å². The van der Waals surface area contributed by atoms with Crippen molar-refractivity contribution in [1.82, 2.24) is 30.0 Å². The number of carboxylic acid groups (broad SMARTS) is 1. The van der Waals surface area contributed by atoms with Gasteiger partial charge in [-0.1, -0.05) is 30.3 Å². The zero-order valence-electron chi connectivity index (χ0n) is 20.3. The van der Waals surface area contributed by atoms with Crippen LogP contribution < -0.4 is 15.8 Å². The van der Waals surface area contributed by atoms with Crippen molar-refractivity contribution in [2.75, 3.05) is 25.9 Å². The molecule has 2 aromatic carbocycles. The van der Waals surface area contributed by atoms with Crippen LogP contribution in [0.15, 0.2) is 54.9 Å². The number of nitrogen functional groups attached to an aromatic ring is 1. The molecule has 5 rings (SSSR count). The first-order valence-corrected chi connectivity index (χ1v) is 11.9. The molecule has 0 radical (unpaired) electrons. The normalized spacial score (nSPS) is 15.5. The second kappa shape index (κ2) is 10.1. The molecule has 3 heterocycles. The molecule has 4 aromatic rings. The van der Waals surface area contributed by atoms with Crippen LogP contribution in [0, 0.1) is 0 Å². The van der Waals surface area contributed by atoms with Gasteiger partial charge in [0.05, 0.1) is 18.5 Å². The number of hydrogen-bond donors (Lipinski definition) is 3. The minimum atomic E-state index is -0.940. The van der Waals surface area contributed by atoms with Crippen LogP contribution in [0.1, 0.15) is 34.8 Å². The molecule has 2 aromatic heterocycles. The minimum Gasteiger partial charge on any atom is -0.497 e. The predicted octanol–water partition coefficient (Wildman–Crippen LogP) is 3.33. The summed E-state index contributed by atoms with van der Waals surface area (Å²) in [4.78, 5) is 34.0. The number of likely N-dealkylation sites (tertiary alicyclic amines) is 1. The number of anilines is 1. The lowest BCUT2D eigenvalue weighted by Crippen LogP contribution is -2.40. The number of aromatic nitrogens is 4. The number of fused-ring (bicyclic) bond motifs is 1. The topological polar surface area (TPSA) is 148 Å². The molecule has 1 aliphatic rings. The first-order valence-electron chi connectivity index (χ1n) is 11.9. The van der Waals surface area contributed by atoms with Gasteiger partial charge in [0.2, 0.25) is 0 Å². The van der Waals surface area contributed by atoms with Crippen molar-refractivity contribution in [2.24, 2.45) is 0 Å². The molecule has 11 nitrogen and oxygen atoms in total. The summed E-state index contributed by atoms with van der Waals surface area (Å²) in [6, 6.07) is 14.5. The van der Waals surface area contributed by atoms with E-state index in [0.29, 0.717) is 53.5 Å². The fourth-order valence-electron chi connectivity index (χ4n) is 4.61. The van der Waals surface area contributed by atoms with Gasteiger partial charge in [-0.15, -0.1) is 0 Å². The monoisotopic (exact) mass is 501 g/mol. The van der Waals surface area contributed by atoms with Crippen molar-refractivity contribution in [3.63, 3.8) is 0 Å². The molecule has 4 N–H and O–H groups in total. The number of nitrogens with one attached hydrogen (secondary N) is 1. The summed E-state index contributed by atoms with van der Waals surface area (Å²) in [7, 11) is 1.56. The Bertz CT molecular complexity index is 1450. The summed E-state index contributed by atoms with van der Waals surface area (Å²) in [5.74, 6) is 0.739. The minimum absolute atomic E-state index is 0.151. The largest absolute Gasteiger partial charge is 0.497 e. The Balaban J connectivity index is 1.38. The molecule has 0 bridgehead atoms. The number of nitrogens with two attached hydrogens (primary N) is 1. The highest BCUT2D eigenvalue weighted by Crippen LogP contribution is 2.33. The number of amides is 2. The Hall–Kier alpha value is -4.67. The molecule has 1 fully saturated rings. The molecule has 1 atom stereocenters. The second-order valence-corrected chi connectivity index (χ2v) is 8.89. The lowest BCUT2D eigenvalue weighted by molar-refractivity contribution is 0.0950. The number of hydrogen-bond acceptors (Lipinski definition) is 7. The van der Waals surface area contributed by atoms with Gasteiger partial charge >= 0.3 is 6.09 Å². The molecule has 190 valence electrons. The molecular formula is C26H27N7O4. The predicted molar refractivity (Wildman–Crippen MR) is 137 cm³/mol. The molecule has 37 heavy (non-hydrogen) atoms. The van der Waals surface area contributed by atoms with E-state index in [1.807, 2.05) is 24.3 Å². The Kier molecular flexibility index (Phi) is 6.59. The Morgan fingerprint density at radius 1 is 1.19 bits per heavy atom. The smallest absolute Gasteiger partial charge is 0.407 e. The van der Waals surface area contributed by atoms with Gasteiger partial charge in [0, 0.05) is 30.8 Å². The van der Waals surface area contributed by atoms with Gasteiger partial charge in [-0.25, -0.2) is 19.4 Å². The van der Waals surface area contributed by atoms with E-state index in [-0.39, 0.29) is 11.9 Å². The van der Waals surface area contributed by atoms with Crippen LogP contribution in [0.25, 0.3) is 22.3 Å². The van der Waals surface area contributed by atoms with Gasteiger partial charge < -0.3 is 25.8 Å². The van der Waals surface area contributed by atoms with Crippen molar-refractivity contribution in [2.45, 2.75) is 25.4 Å². The van der Waals surface area contributed by atoms with Gasteiger partial charge in [-0.2, -0.15) is 5.10 Å². The van der Waals surface area contributed by atoms with E-state index < -0.39 is 6.09 Å². The van der Waals surface area contributed by atoms with E-state index in [1.54, 1.807) is 36.1 Å². The van der Waals surface area contributed by atoms with Crippen LogP contribution in [0.4, 0.5) is 10.6 Å². The first kappa shape index (κ1) is 24.0. The summed E-state index contributed by atoms with van der Waals surface area (Å²) in [6.45, 7) is 1.19. The SMILES string of the molecule is COc1cccc(C(=O)NCc2ccc(-c3nn([C@@H]4CCCN(C(=O)O)C4)c4ncnc(N)c34)cc2)c1. The van der Waals surface area contributed by atoms with E-state index in [9.17, 15) is 14.7 Å². The van der Waals surface area contributed by atoms with E-state index >= 15 is 0 Å². The van der Waals surface area contributed by atoms with Crippen LogP contribution in [-0.4, -0.2) is 62.0 Å². The van der Waals surface area contributed by atoms with Crippen molar-refractivity contribution in [3.8, 4) is 17.0 Å². The molecule has 0 spiro atoms. The summed E-state index contributed by atoms with van der Waals surface area (Å²) in [5, 5.41) is 17.8. The summed E-state index contributed by atoms with van der Waals surface area (Å²) < 4.78 is 6.96. The van der Waals surface area contributed by atoms with Gasteiger partial charge in [0.15, 0.2) is 5.65 Å². The number of ether oxygens (including phenoxy) is 1. The molecule has 1 aliphatic heterocycles. The highest BCUT2D eigenvalue weighted by atomic mass is 16.5. The lowest BCUT2D eigenvalue weighted by Gasteiger charge is -2.30. The Morgan fingerprint density at radius 2 is 2.00 bits per heavy atom. The van der Waals surface area contributed by atoms with E-state index in [0.717, 1.165) is 24.0 Å². The van der Waals surface area contributed by atoms with E-state index in [2.05, 4.69) is 15.3 Å². The van der Waals surface area contributed by atoms with Crippen molar-refractivity contribution >= 4 is 28.9 Å². The third-order valence-electron chi connectivity index (χ3n) is 6.54. The fourth-order valence-corrected chi connectivity index (χ4v) is 4.61. The number of benzene rings is 2. The standard InChI is InChI=1S/C26H27N7O4/c1-37-20-6-2-4-18(12-20)25(34)28-13-16-7-9-17(10-8-16)22-21-23(27)29-15-30-24(21)33(31-22)19-5-3-11-32(14-19)26(35)36/h2,4,6-10,12,15,19H,3,5,11,13-14H2,1H3,(H,28,34)(H,35,36)(H2,27,29,30)/t19-/m1/s1. The molecule has 1 saturated heterocycles. The number of piperidine rings is 1. The van der Waals surface area contributed by atoms with Crippen LogP contribution in [-0.2, 0) is 6.54 Å². The average molecular weight is 502 g/mol. The summed E-state index contributed by atoms with van der Waals surface area (Å²) in [5.41, 5.74) is 9.70. The highest BCUT2D eigenvalue weighted by molar-refractivity contribution is 5.98. The van der Waals surface area contributed by atoms with Gasteiger partial charge in [-0.05, 0) is 36.6 Å². The summed E-state index contributed by atoms with van der Waals surface area (Å²) in [6.07, 6.45) is 1.98. The number of rotatable bonds is 6. The maximum Gasteiger partial charge on any atom is 0.407 e. The van der Waals surface area contributed by atoms with Gasteiger partial charge in [0.1, 0.15) is 23.6 Å². The number of methoxy groups -OCH3 is 1. The third-order valence-corrected chi connectivity index (χ3v) is 6.54. The molecular weight excluding hydrogens is 474 g/mol. The maximum atomic E-state index is 12.5. The van der Waals surface area contributed by atoms with Crippen LogP contribution >= 0.6 is 0 Å². The van der Waals surface area contributed by atoms with Crippen LogP contribution in [0.3, 0.4) is 0 Å². The maximum absolute atomic E-state index is 12.5. The zero-order valence-corrected chi connectivity index (χ0v) is 20.3. The molecule has 0 saturated carbocycles. The third kappa shape index (κ3) is 4.88. The average Bonchev–Trinajstić information content (AvgIpc) is 3.33. The molecule has 2 amide bonds. The second-order valence-electron chi connectivity index (χ2n) is 8.89. The summed E-state index contributed by atoms with van der Waals surface area (Å²) >= 11 is 0. The molecule has 0 unspecified atom stereocenters. The van der Waals surface area contributed by atoms with Crippen molar-refractivity contribution in [1.29, 1.82) is 0 Å². The van der Waals surface area contributed by atoms with Gasteiger partial charge in [-0.3, -0.25) is 4.79 Å². The fraction of sp³-hybridized carbons (Fsp3) is 0.269. The van der Waals surface area contributed by atoms with E-state index in [1.165, 1.54) is 11.2 Å². The quantitative estimate of drug-likeness (QED) is 0.364. The van der Waals surface area contributed by atoms with Crippen molar-refractivity contribution < 1.29 is 19.4 Å². The van der Waals surface area contributed by atoms with Crippen LogP contribution in [0.5, 0.6) is 5.75 Å². The zero-order chi connectivity index (χ0) is 25.9. The molecule has 0 aliphatic carbocycles. The lowest BCUT2D eigenvalue weighted by atomic mass is 10.1. The molecule has 11 heteroatoms. The Morgan fingerprint density at radius 3 is 2.76 bits per heavy atom. The first-order chi connectivity index (χ1) is 17.9. The number of carbonyl (C=O) groups is 2. The van der Waals surface area contributed by atoms with Gasteiger partial charge in [0.25, 0.3) is 5.91 Å². The Labute approximate surface area is 212 Å². The number of carbonyl (C=O) groups excluding carboxylic acids is 1. The van der Waals surface area contributed by atoms with Crippen LogP contribution in [0.2, 0.25) is 0 Å². The van der Waals surface area contributed by atoms with Crippen molar-refractivity contribution in [3.05, 3.63) is 66.0 Å².